The van der Waals surface area contributed by atoms with Gasteiger partial charge in [-0.15, -0.1) is 0 Å². The molecule has 5 N–H and O–H groups in total. The molecule has 0 spiro atoms. The number of thiocarbonyl (C=S) groups is 1. The quantitative estimate of drug-likeness (QED) is 0.309. The Morgan fingerprint density at radius 1 is 1.00 bits per heavy atom. The molecule has 1 aromatic heterocycles. The van der Waals surface area contributed by atoms with E-state index < -0.39 is 0 Å². The highest BCUT2D eigenvalue weighted by atomic mass is 32.1. The second kappa shape index (κ2) is 8.75. The number of anilines is 2. The topological polar surface area (TPSA) is 89.8 Å². The molecule has 3 aromatic rings. The lowest BCUT2D eigenvalue weighted by atomic mass is 10.1. The van der Waals surface area contributed by atoms with Crippen molar-refractivity contribution in [1.29, 1.82) is 0 Å². The third kappa shape index (κ3) is 4.80. The van der Waals surface area contributed by atoms with Crippen molar-refractivity contribution in [2.75, 3.05) is 10.6 Å². The smallest absolute Gasteiger partial charge is 0.310 e. The van der Waals surface area contributed by atoms with E-state index in [2.05, 4.69) is 63.7 Å². The highest BCUT2D eigenvalue weighted by molar-refractivity contribution is 7.80. The Labute approximate surface area is 170 Å². The number of nitrogens with two attached hydrogens (primary N) is 1. The van der Waals surface area contributed by atoms with Crippen molar-refractivity contribution >= 4 is 45.8 Å². The summed E-state index contributed by atoms with van der Waals surface area (Å²) in [5.41, 5.74) is 11.2. The van der Waals surface area contributed by atoms with E-state index in [9.17, 15) is 0 Å². The van der Waals surface area contributed by atoms with Crippen molar-refractivity contribution < 1.29 is 4.99 Å². The van der Waals surface area contributed by atoms with Gasteiger partial charge in [0.05, 0.1) is 16.9 Å². The normalized spacial score (nSPS) is 11.5. The summed E-state index contributed by atoms with van der Waals surface area (Å²) < 4.78 is 0. The summed E-state index contributed by atoms with van der Waals surface area (Å²) in [6.45, 7) is 6.21. The van der Waals surface area contributed by atoms with Gasteiger partial charge < -0.3 is 5.73 Å². The maximum absolute atomic E-state index is 6.03. The van der Waals surface area contributed by atoms with Gasteiger partial charge in [-0.25, -0.2) is 20.3 Å². The van der Waals surface area contributed by atoms with Gasteiger partial charge in [-0.3, -0.25) is 5.32 Å². The number of nitrogens with zero attached hydrogens (tertiary/aromatic N) is 2. The Morgan fingerprint density at radius 2 is 1.68 bits per heavy atom. The average molecular weight is 394 g/mol. The largest absolute Gasteiger partial charge is 0.312 e. The van der Waals surface area contributed by atoms with Crippen LogP contribution in [0.1, 0.15) is 30.7 Å². The van der Waals surface area contributed by atoms with Crippen LogP contribution in [0.5, 0.6) is 0 Å². The van der Waals surface area contributed by atoms with Gasteiger partial charge in [-0.2, -0.15) is 0 Å². The van der Waals surface area contributed by atoms with Gasteiger partial charge in [0.1, 0.15) is 0 Å². The van der Waals surface area contributed by atoms with E-state index in [1.54, 1.807) is 0 Å². The SMILES string of the molecule is CCc1ccc(NC(=S)[NH+]=C(N)Nc2nc(C)c3cc(CC)ccc3n2)cc1. The number of benzene rings is 2. The first-order valence-corrected chi connectivity index (χ1v) is 9.73. The third-order valence-corrected chi connectivity index (χ3v) is 4.68. The molecule has 0 saturated carbocycles. The summed E-state index contributed by atoms with van der Waals surface area (Å²) in [7, 11) is 0. The predicted molar refractivity (Wildman–Crippen MR) is 119 cm³/mol. The molecule has 7 heteroatoms. The van der Waals surface area contributed by atoms with Crippen molar-refractivity contribution in [1.82, 2.24) is 9.97 Å². The van der Waals surface area contributed by atoms with Crippen LogP contribution in [-0.4, -0.2) is 21.0 Å². The fraction of sp³-hybridized carbons (Fsp3) is 0.238. The van der Waals surface area contributed by atoms with E-state index >= 15 is 0 Å². The van der Waals surface area contributed by atoms with Gasteiger partial charge in [0, 0.05) is 5.39 Å². The highest BCUT2D eigenvalue weighted by Crippen LogP contribution is 2.19. The van der Waals surface area contributed by atoms with Crippen LogP contribution in [0.2, 0.25) is 0 Å². The number of hydrogen-bond acceptors (Lipinski definition) is 3. The lowest BCUT2D eigenvalue weighted by Crippen LogP contribution is -2.82. The van der Waals surface area contributed by atoms with Crippen LogP contribution >= 0.6 is 12.2 Å². The minimum atomic E-state index is 0.256. The molecular formula is C21H25N6S+. The van der Waals surface area contributed by atoms with Crippen LogP contribution in [-0.2, 0) is 12.8 Å². The highest BCUT2D eigenvalue weighted by Gasteiger charge is 2.10. The minimum Gasteiger partial charge on any atom is -0.310 e. The first-order valence-electron chi connectivity index (χ1n) is 9.32. The van der Waals surface area contributed by atoms with Crippen LogP contribution in [0.4, 0.5) is 11.6 Å². The Bertz CT molecular complexity index is 1030. The minimum absolute atomic E-state index is 0.256. The number of aromatic nitrogens is 2. The van der Waals surface area contributed by atoms with Gasteiger partial charge in [-0.05, 0) is 67.4 Å². The molecule has 0 fully saturated rings. The molecule has 6 nitrogen and oxygen atoms in total. The summed E-state index contributed by atoms with van der Waals surface area (Å²) >= 11 is 5.32. The fourth-order valence-corrected chi connectivity index (χ4v) is 3.09. The lowest BCUT2D eigenvalue weighted by molar-refractivity contribution is -0.311. The van der Waals surface area contributed by atoms with Gasteiger partial charge >= 0.3 is 5.96 Å². The van der Waals surface area contributed by atoms with E-state index in [0.29, 0.717) is 11.1 Å². The van der Waals surface area contributed by atoms with Crippen molar-refractivity contribution in [3.63, 3.8) is 0 Å². The van der Waals surface area contributed by atoms with Crippen molar-refractivity contribution in [3.05, 3.63) is 59.3 Å². The molecule has 0 aliphatic heterocycles. The standard InChI is InChI=1S/C21H24N6S/c1-4-14-6-9-16(10-7-14)24-21(28)27-19(22)26-20-23-13(3)17-12-15(5-2)8-11-18(17)25-20/h6-12H,4-5H2,1-3H3,(H4,22,23,24,25,26,27,28)/p+1. The van der Waals surface area contributed by atoms with Crippen molar-refractivity contribution in [2.24, 2.45) is 5.73 Å². The molecule has 0 atom stereocenters. The van der Waals surface area contributed by atoms with Crippen LogP contribution in [0.3, 0.4) is 0 Å². The van der Waals surface area contributed by atoms with Crippen LogP contribution in [0.25, 0.3) is 10.9 Å². The molecule has 0 bridgehead atoms. The zero-order valence-corrected chi connectivity index (χ0v) is 17.2. The number of aryl methyl sites for hydroxylation is 3. The molecule has 0 saturated heterocycles. The second-order valence-corrected chi connectivity index (χ2v) is 6.91. The monoisotopic (exact) mass is 393 g/mol. The predicted octanol–water partition coefficient (Wildman–Crippen LogP) is 2.27. The lowest BCUT2D eigenvalue weighted by Gasteiger charge is -2.07. The summed E-state index contributed by atoms with van der Waals surface area (Å²) in [4.78, 5) is 12.0. The van der Waals surface area contributed by atoms with Crippen molar-refractivity contribution in [2.45, 2.75) is 33.6 Å². The van der Waals surface area contributed by atoms with Gasteiger partial charge in [0.2, 0.25) is 0 Å². The molecule has 0 aliphatic carbocycles. The molecule has 2 aromatic carbocycles. The van der Waals surface area contributed by atoms with E-state index in [1.807, 2.05) is 25.1 Å². The molecule has 0 aliphatic rings. The number of hydrogen-bond donors (Lipinski definition) is 4. The number of rotatable bonds is 4. The van der Waals surface area contributed by atoms with Crippen molar-refractivity contribution in [3.8, 4) is 0 Å². The Balaban J connectivity index is 1.72. The maximum Gasteiger partial charge on any atom is 0.312 e. The summed E-state index contributed by atoms with van der Waals surface area (Å²) in [6, 6.07) is 14.3. The van der Waals surface area contributed by atoms with E-state index in [1.165, 1.54) is 11.1 Å². The Hall–Kier alpha value is -3.06. The first-order chi connectivity index (χ1) is 13.5. The molecule has 0 radical (unpaired) electrons. The molecule has 0 amide bonds. The van der Waals surface area contributed by atoms with Gasteiger partial charge in [0.25, 0.3) is 11.1 Å². The third-order valence-electron chi connectivity index (χ3n) is 4.47. The zero-order chi connectivity index (χ0) is 20.1. The van der Waals surface area contributed by atoms with E-state index in [0.717, 1.165) is 35.1 Å². The zero-order valence-electron chi connectivity index (χ0n) is 16.3. The number of nitrogens with one attached hydrogen (secondary N) is 3. The summed E-state index contributed by atoms with van der Waals surface area (Å²) in [5, 5.41) is 7.51. The maximum atomic E-state index is 6.03. The second-order valence-electron chi connectivity index (χ2n) is 6.51. The van der Waals surface area contributed by atoms with Crippen LogP contribution < -0.4 is 21.4 Å². The van der Waals surface area contributed by atoms with Gasteiger partial charge in [0.15, 0.2) is 0 Å². The first kappa shape index (κ1) is 19.7. The number of fused-ring (bicyclic) bond motifs is 1. The van der Waals surface area contributed by atoms with E-state index in [4.69, 9.17) is 18.0 Å². The Kier molecular flexibility index (Phi) is 6.16. The average Bonchev–Trinajstić information content (AvgIpc) is 2.68. The molecule has 0 unspecified atom stereocenters. The fourth-order valence-electron chi connectivity index (χ4n) is 2.86. The number of guanidine groups is 1. The molecule has 28 heavy (non-hydrogen) atoms. The Morgan fingerprint density at radius 3 is 2.36 bits per heavy atom. The van der Waals surface area contributed by atoms with Crippen LogP contribution in [0.15, 0.2) is 42.5 Å². The van der Waals surface area contributed by atoms with Crippen LogP contribution in [0, 0.1) is 6.92 Å². The molecule has 144 valence electrons. The summed E-state index contributed by atoms with van der Waals surface area (Å²) in [5.74, 6) is 0.681. The molecule has 1 heterocycles. The summed E-state index contributed by atoms with van der Waals surface area (Å²) in [6.07, 6.45) is 1.98. The molecular weight excluding hydrogens is 368 g/mol. The molecule has 3 rings (SSSR count). The van der Waals surface area contributed by atoms with E-state index in [-0.39, 0.29) is 5.96 Å². The van der Waals surface area contributed by atoms with Gasteiger partial charge in [-0.1, -0.05) is 32.0 Å².